The minimum atomic E-state index is 0.445. The molecule has 0 atom stereocenters. The van der Waals surface area contributed by atoms with Gasteiger partial charge in [0.2, 0.25) is 0 Å². The van der Waals surface area contributed by atoms with Crippen molar-refractivity contribution < 1.29 is 0 Å². The third kappa shape index (κ3) is 4.08. The van der Waals surface area contributed by atoms with Gasteiger partial charge >= 0.3 is 0 Å². The molecular weight excluding hydrogens is 282 g/mol. The molecule has 1 aromatic carbocycles. The Morgan fingerprint density at radius 1 is 1.29 bits per heavy atom. The molecule has 0 saturated heterocycles. The summed E-state index contributed by atoms with van der Waals surface area (Å²) in [6, 6.07) is 6.54. The van der Waals surface area contributed by atoms with Crippen molar-refractivity contribution in [2.24, 2.45) is 0 Å². The number of nitrogens with one attached hydrogen (secondary N) is 1. The van der Waals surface area contributed by atoms with Gasteiger partial charge in [-0.15, -0.1) is 0 Å². The molecular formula is C17H24ClN3. The van der Waals surface area contributed by atoms with E-state index in [-0.39, 0.29) is 0 Å². The second-order valence-corrected chi connectivity index (χ2v) is 6.16. The van der Waals surface area contributed by atoms with Gasteiger partial charge in [0.25, 0.3) is 0 Å². The van der Waals surface area contributed by atoms with Crippen LogP contribution in [0.5, 0.6) is 0 Å². The Labute approximate surface area is 132 Å². The highest BCUT2D eigenvalue weighted by Gasteiger charge is 2.12. The normalized spacial score (nSPS) is 11.3. The molecule has 2 rings (SSSR count). The van der Waals surface area contributed by atoms with Gasteiger partial charge in [-0.05, 0) is 36.6 Å². The second-order valence-electron chi connectivity index (χ2n) is 5.73. The van der Waals surface area contributed by atoms with Crippen molar-refractivity contribution in [1.82, 2.24) is 15.1 Å². The van der Waals surface area contributed by atoms with E-state index in [0.29, 0.717) is 6.04 Å². The summed E-state index contributed by atoms with van der Waals surface area (Å²) < 4.78 is 2.03. The van der Waals surface area contributed by atoms with Crippen LogP contribution in [0.4, 0.5) is 0 Å². The van der Waals surface area contributed by atoms with Crippen molar-refractivity contribution in [2.75, 3.05) is 0 Å². The van der Waals surface area contributed by atoms with Gasteiger partial charge in [-0.3, -0.25) is 4.68 Å². The highest BCUT2D eigenvalue weighted by molar-refractivity contribution is 6.30. The molecule has 3 nitrogen and oxygen atoms in total. The minimum absolute atomic E-state index is 0.445. The Bertz CT molecular complexity index is 602. The lowest BCUT2D eigenvalue weighted by Gasteiger charge is -2.13. The molecule has 1 N–H and O–H groups in total. The van der Waals surface area contributed by atoms with Crippen molar-refractivity contribution >= 4 is 11.6 Å². The standard InChI is InChI=1S/C17H24ClN3/c1-5-8-21-11-17(13(4)20-21)16-7-6-15(18)9-14(16)10-19-12(2)3/h6-7,9,11-12,19H,5,8,10H2,1-4H3. The molecule has 0 aliphatic carbocycles. The Hall–Kier alpha value is -1.32. The number of halogens is 1. The fourth-order valence-electron chi connectivity index (χ4n) is 2.41. The Balaban J connectivity index is 2.38. The van der Waals surface area contributed by atoms with Gasteiger partial charge in [0.05, 0.1) is 5.69 Å². The molecule has 0 aliphatic rings. The third-order valence-electron chi connectivity index (χ3n) is 3.46. The van der Waals surface area contributed by atoms with Gasteiger partial charge < -0.3 is 5.32 Å². The van der Waals surface area contributed by atoms with Crippen molar-refractivity contribution in [3.8, 4) is 11.1 Å². The first-order valence-electron chi connectivity index (χ1n) is 7.57. The van der Waals surface area contributed by atoms with Crippen molar-refractivity contribution in [3.05, 3.63) is 40.7 Å². The largest absolute Gasteiger partial charge is 0.310 e. The fraction of sp³-hybridized carbons (Fsp3) is 0.471. The first-order valence-corrected chi connectivity index (χ1v) is 7.95. The van der Waals surface area contributed by atoms with Gasteiger partial charge in [0.1, 0.15) is 0 Å². The maximum Gasteiger partial charge on any atom is 0.0672 e. The van der Waals surface area contributed by atoms with Crippen LogP contribution in [0.25, 0.3) is 11.1 Å². The molecule has 0 unspecified atom stereocenters. The predicted octanol–water partition coefficient (Wildman–Crippen LogP) is 4.42. The molecule has 21 heavy (non-hydrogen) atoms. The van der Waals surface area contributed by atoms with E-state index < -0.39 is 0 Å². The Morgan fingerprint density at radius 3 is 2.71 bits per heavy atom. The number of aryl methyl sites for hydroxylation is 2. The van der Waals surface area contributed by atoms with Crippen LogP contribution < -0.4 is 5.32 Å². The van der Waals surface area contributed by atoms with Gasteiger partial charge in [-0.25, -0.2) is 0 Å². The topological polar surface area (TPSA) is 29.9 Å². The molecule has 0 bridgehead atoms. The van der Waals surface area contributed by atoms with Crippen molar-refractivity contribution in [3.63, 3.8) is 0 Å². The third-order valence-corrected chi connectivity index (χ3v) is 3.69. The Kier molecular flexibility index (Phi) is 5.43. The lowest BCUT2D eigenvalue weighted by atomic mass is 10.00. The molecule has 0 fully saturated rings. The SMILES string of the molecule is CCCn1cc(-c2ccc(Cl)cc2CNC(C)C)c(C)n1. The molecule has 0 radical (unpaired) electrons. The minimum Gasteiger partial charge on any atom is -0.310 e. The molecule has 2 aromatic rings. The average Bonchev–Trinajstić information content (AvgIpc) is 2.78. The van der Waals surface area contributed by atoms with Crippen LogP contribution in [0.15, 0.2) is 24.4 Å². The van der Waals surface area contributed by atoms with Crippen LogP contribution in [-0.4, -0.2) is 15.8 Å². The van der Waals surface area contributed by atoms with Crippen LogP contribution in [0.2, 0.25) is 5.02 Å². The van der Waals surface area contributed by atoms with Gasteiger partial charge in [-0.1, -0.05) is 38.4 Å². The lowest BCUT2D eigenvalue weighted by Crippen LogP contribution is -2.22. The zero-order valence-corrected chi connectivity index (χ0v) is 14.0. The first kappa shape index (κ1) is 16.1. The van der Waals surface area contributed by atoms with Gasteiger partial charge in [-0.2, -0.15) is 5.10 Å². The number of aromatic nitrogens is 2. The monoisotopic (exact) mass is 305 g/mol. The van der Waals surface area contributed by atoms with Crippen LogP contribution in [0.3, 0.4) is 0 Å². The summed E-state index contributed by atoms with van der Waals surface area (Å²) >= 11 is 6.17. The fourth-order valence-corrected chi connectivity index (χ4v) is 2.61. The number of hydrogen-bond donors (Lipinski definition) is 1. The van der Waals surface area contributed by atoms with Crippen LogP contribution in [0, 0.1) is 6.92 Å². The molecule has 114 valence electrons. The van der Waals surface area contributed by atoms with E-state index in [2.05, 4.69) is 50.4 Å². The maximum atomic E-state index is 6.17. The first-order chi connectivity index (χ1) is 10.0. The van der Waals surface area contributed by atoms with E-state index in [1.54, 1.807) is 0 Å². The quantitative estimate of drug-likeness (QED) is 0.856. The van der Waals surface area contributed by atoms with Crippen LogP contribution in [0.1, 0.15) is 38.4 Å². The number of rotatable bonds is 6. The highest BCUT2D eigenvalue weighted by atomic mass is 35.5. The highest BCUT2D eigenvalue weighted by Crippen LogP contribution is 2.29. The van der Waals surface area contributed by atoms with E-state index in [4.69, 9.17) is 11.6 Å². The number of benzene rings is 1. The van der Waals surface area contributed by atoms with Gasteiger partial charge in [0, 0.05) is 35.9 Å². The summed E-state index contributed by atoms with van der Waals surface area (Å²) in [5, 5.41) is 8.84. The molecule has 0 spiro atoms. The van der Waals surface area contributed by atoms with E-state index in [9.17, 15) is 0 Å². The summed E-state index contributed by atoms with van der Waals surface area (Å²) in [4.78, 5) is 0. The van der Waals surface area contributed by atoms with Crippen LogP contribution in [-0.2, 0) is 13.1 Å². The molecule has 1 heterocycles. The predicted molar refractivity (Wildman–Crippen MR) is 89.7 cm³/mol. The zero-order valence-electron chi connectivity index (χ0n) is 13.3. The van der Waals surface area contributed by atoms with E-state index in [0.717, 1.165) is 30.2 Å². The van der Waals surface area contributed by atoms with E-state index in [1.807, 2.05) is 16.8 Å². The van der Waals surface area contributed by atoms with Crippen molar-refractivity contribution in [2.45, 2.75) is 53.2 Å². The molecule has 0 aliphatic heterocycles. The maximum absolute atomic E-state index is 6.17. The molecule has 0 amide bonds. The molecule has 0 saturated carbocycles. The summed E-state index contributed by atoms with van der Waals surface area (Å²) in [5.41, 5.74) is 4.69. The summed E-state index contributed by atoms with van der Waals surface area (Å²) in [6.07, 6.45) is 3.23. The number of nitrogens with zero attached hydrogens (tertiary/aromatic N) is 2. The summed E-state index contributed by atoms with van der Waals surface area (Å²) in [7, 11) is 0. The average molecular weight is 306 g/mol. The number of hydrogen-bond acceptors (Lipinski definition) is 2. The summed E-state index contributed by atoms with van der Waals surface area (Å²) in [5.74, 6) is 0. The smallest absolute Gasteiger partial charge is 0.0672 e. The molecule has 1 aromatic heterocycles. The lowest BCUT2D eigenvalue weighted by molar-refractivity contribution is 0.589. The zero-order chi connectivity index (χ0) is 15.4. The Morgan fingerprint density at radius 2 is 2.05 bits per heavy atom. The summed E-state index contributed by atoms with van der Waals surface area (Å²) in [6.45, 7) is 10.3. The van der Waals surface area contributed by atoms with Crippen LogP contribution >= 0.6 is 11.6 Å². The van der Waals surface area contributed by atoms with E-state index >= 15 is 0 Å². The van der Waals surface area contributed by atoms with Gasteiger partial charge in [0.15, 0.2) is 0 Å². The van der Waals surface area contributed by atoms with E-state index in [1.165, 1.54) is 16.7 Å². The van der Waals surface area contributed by atoms with Crippen molar-refractivity contribution in [1.29, 1.82) is 0 Å². The second kappa shape index (κ2) is 7.10. The molecule has 4 heteroatoms.